The van der Waals surface area contributed by atoms with Gasteiger partial charge >= 0.3 is 17.1 Å². The normalized spacial score (nSPS) is 11.9. The molecule has 0 aliphatic heterocycles. The molecule has 0 saturated heterocycles. The van der Waals surface area contributed by atoms with E-state index in [0.29, 0.717) is 0 Å². The topological polar surface area (TPSA) is 121 Å². The number of hydrogen-bond acceptors (Lipinski definition) is 9. The van der Waals surface area contributed by atoms with Crippen LogP contribution in [0.4, 0.5) is 0 Å². The van der Waals surface area contributed by atoms with Gasteiger partial charge in [-0.25, -0.2) is 28.1 Å². The lowest BCUT2D eigenvalue weighted by Crippen LogP contribution is -2.55. The molecule has 174 valence electrons. The van der Waals surface area contributed by atoms with E-state index in [9.17, 15) is 14.4 Å². The van der Waals surface area contributed by atoms with Crippen molar-refractivity contribution in [1.29, 1.82) is 0 Å². The minimum Gasteiger partial charge on any atom is -0.356 e. The number of methoxy groups -OCH3 is 6. The predicted molar refractivity (Wildman–Crippen MR) is 106 cm³/mol. The fourth-order valence-electron chi connectivity index (χ4n) is 2.96. The first-order valence-corrected chi connectivity index (χ1v) is 9.49. The van der Waals surface area contributed by atoms with Crippen LogP contribution in [-0.4, -0.2) is 75.2 Å². The Morgan fingerprint density at radius 2 is 0.700 bits per heavy atom. The smallest absolute Gasteiger partial charge is 0.336 e. The van der Waals surface area contributed by atoms with E-state index in [1.54, 1.807) is 0 Å². The summed E-state index contributed by atoms with van der Waals surface area (Å²) in [6, 6.07) is 0. The van der Waals surface area contributed by atoms with Crippen LogP contribution < -0.4 is 17.1 Å². The molecule has 0 spiro atoms. The van der Waals surface area contributed by atoms with Crippen LogP contribution in [0.2, 0.25) is 0 Å². The Hall–Kier alpha value is -1.83. The molecular weight excluding hydrogens is 402 g/mol. The van der Waals surface area contributed by atoms with Crippen molar-refractivity contribution in [3.63, 3.8) is 0 Å². The van der Waals surface area contributed by atoms with Crippen molar-refractivity contribution in [1.82, 2.24) is 13.7 Å². The highest BCUT2D eigenvalue weighted by Gasteiger charge is 2.19. The van der Waals surface area contributed by atoms with Crippen LogP contribution in [0.15, 0.2) is 14.4 Å². The molecule has 0 saturated carbocycles. The Balaban J connectivity index is 3.35. The number of hydrogen-bond donors (Lipinski definition) is 0. The summed E-state index contributed by atoms with van der Waals surface area (Å²) >= 11 is 0. The van der Waals surface area contributed by atoms with Gasteiger partial charge < -0.3 is 28.4 Å². The quantitative estimate of drug-likeness (QED) is 0.326. The number of nitrogens with zero attached hydrogens (tertiary/aromatic N) is 3. The van der Waals surface area contributed by atoms with Gasteiger partial charge in [-0.3, -0.25) is 0 Å². The highest BCUT2D eigenvalue weighted by molar-refractivity contribution is 4.80. The molecule has 12 heteroatoms. The maximum atomic E-state index is 12.9. The SMILES string of the molecule is COC(CCn1c(=O)n(CCC(OC)OC)c(=O)n(CCC(OC)OC)c1=O)OC. The number of aromatic nitrogens is 3. The van der Waals surface area contributed by atoms with Gasteiger partial charge in [0.1, 0.15) is 0 Å². The van der Waals surface area contributed by atoms with E-state index in [1.807, 2.05) is 0 Å². The zero-order chi connectivity index (χ0) is 22.7. The van der Waals surface area contributed by atoms with Gasteiger partial charge in [0.25, 0.3) is 0 Å². The molecule has 0 atom stereocenters. The Bertz CT molecular complexity index is 655. The first-order chi connectivity index (χ1) is 14.4. The molecule has 1 aromatic rings. The maximum absolute atomic E-state index is 12.9. The molecule has 12 nitrogen and oxygen atoms in total. The Kier molecular flexibility index (Phi) is 11.8. The highest BCUT2D eigenvalue weighted by atomic mass is 16.7. The van der Waals surface area contributed by atoms with Crippen molar-refractivity contribution in [2.75, 3.05) is 42.7 Å². The summed E-state index contributed by atoms with van der Waals surface area (Å²) < 4.78 is 33.7. The Labute approximate surface area is 174 Å². The summed E-state index contributed by atoms with van der Waals surface area (Å²) in [5, 5.41) is 0. The predicted octanol–water partition coefficient (Wildman–Crippen LogP) is -0.801. The molecule has 0 aromatic carbocycles. The minimum absolute atomic E-state index is 0.0141. The number of ether oxygens (including phenoxy) is 6. The largest absolute Gasteiger partial charge is 0.356 e. The molecule has 0 N–H and O–H groups in total. The van der Waals surface area contributed by atoms with Crippen LogP contribution in [0.5, 0.6) is 0 Å². The average Bonchev–Trinajstić information content (AvgIpc) is 2.76. The van der Waals surface area contributed by atoms with E-state index in [1.165, 1.54) is 42.7 Å². The molecular formula is C18H33N3O9. The summed E-state index contributed by atoms with van der Waals surface area (Å²) in [7, 11) is 8.76. The molecule has 0 bridgehead atoms. The Morgan fingerprint density at radius 3 is 0.867 bits per heavy atom. The zero-order valence-corrected chi connectivity index (χ0v) is 18.5. The van der Waals surface area contributed by atoms with E-state index in [4.69, 9.17) is 28.4 Å². The second-order valence-corrected chi connectivity index (χ2v) is 6.37. The molecule has 0 amide bonds. The zero-order valence-electron chi connectivity index (χ0n) is 18.5. The molecule has 30 heavy (non-hydrogen) atoms. The fraction of sp³-hybridized carbons (Fsp3) is 0.833. The second kappa shape index (κ2) is 13.5. The third-order valence-electron chi connectivity index (χ3n) is 4.73. The lowest BCUT2D eigenvalue weighted by Gasteiger charge is -2.19. The van der Waals surface area contributed by atoms with Crippen LogP contribution in [0, 0.1) is 0 Å². The summed E-state index contributed by atoms with van der Waals surface area (Å²) in [5.41, 5.74) is -2.14. The minimum atomic E-state index is -0.715. The van der Waals surface area contributed by atoms with Gasteiger partial charge in [-0.05, 0) is 0 Å². The van der Waals surface area contributed by atoms with Gasteiger partial charge in [-0.1, -0.05) is 0 Å². The van der Waals surface area contributed by atoms with Gasteiger partial charge in [0.15, 0.2) is 18.9 Å². The van der Waals surface area contributed by atoms with Crippen molar-refractivity contribution in [3.05, 3.63) is 31.5 Å². The lowest BCUT2D eigenvalue weighted by molar-refractivity contribution is -0.109. The molecule has 0 radical (unpaired) electrons. The van der Waals surface area contributed by atoms with Gasteiger partial charge in [-0.2, -0.15) is 0 Å². The molecule has 0 fully saturated rings. The molecule has 0 aliphatic carbocycles. The number of rotatable bonds is 15. The lowest BCUT2D eigenvalue weighted by atomic mass is 10.4. The van der Waals surface area contributed by atoms with Gasteiger partial charge in [0, 0.05) is 81.6 Å². The van der Waals surface area contributed by atoms with Crippen LogP contribution in [0.1, 0.15) is 19.3 Å². The monoisotopic (exact) mass is 435 g/mol. The van der Waals surface area contributed by atoms with E-state index in [-0.39, 0.29) is 38.9 Å². The summed E-state index contributed by atoms with van der Waals surface area (Å²) in [5.74, 6) is 0. The molecule has 1 aromatic heterocycles. The van der Waals surface area contributed by atoms with Crippen molar-refractivity contribution in [2.45, 2.75) is 57.8 Å². The van der Waals surface area contributed by atoms with Crippen LogP contribution in [0.3, 0.4) is 0 Å². The van der Waals surface area contributed by atoms with E-state index < -0.39 is 35.9 Å². The van der Waals surface area contributed by atoms with Crippen LogP contribution >= 0.6 is 0 Å². The van der Waals surface area contributed by atoms with Crippen molar-refractivity contribution in [2.24, 2.45) is 0 Å². The summed E-state index contributed by atoms with van der Waals surface area (Å²) in [6.07, 6.45) is -1.04. The van der Waals surface area contributed by atoms with Gasteiger partial charge in [-0.15, -0.1) is 0 Å². The van der Waals surface area contributed by atoms with E-state index in [0.717, 1.165) is 13.7 Å². The van der Waals surface area contributed by atoms with Gasteiger partial charge in [0.2, 0.25) is 0 Å². The highest BCUT2D eigenvalue weighted by Crippen LogP contribution is 2.01. The summed E-state index contributed by atoms with van der Waals surface area (Å²) in [4.78, 5) is 38.7. The molecule has 1 rings (SSSR count). The van der Waals surface area contributed by atoms with E-state index in [2.05, 4.69) is 0 Å². The maximum Gasteiger partial charge on any atom is 0.336 e. The van der Waals surface area contributed by atoms with E-state index >= 15 is 0 Å². The van der Waals surface area contributed by atoms with Gasteiger partial charge in [0.05, 0.1) is 0 Å². The molecule has 0 aliphatic rings. The first kappa shape index (κ1) is 26.2. The molecule has 1 heterocycles. The average molecular weight is 435 g/mol. The van der Waals surface area contributed by atoms with Crippen LogP contribution in [0.25, 0.3) is 0 Å². The van der Waals surface area contributed by atoms with Crippen molar-refractivity contribution in [3.8, 4) is 0 Å². The standard InChI is InChI=1S/C18H33N3O9/c1-25-13(26-2)7-10-19-16(22)20(11-8-14(27-3)28-4)18(24)21(17(19)23)12-9-15(29-5)30-6/h13-15H,7-12H2,1-6H3. The third kappa shape index (κ3) is 6.86. The second-order valence-electron chi connectivity index (χ2n) is 6.37. The fourth-order valence-corrected chi connectivity index (χ4v) is 2.96. The van der Waals surface area contributed by atoms with Crippen LogP contribution in [-0.2, 0) is 48.1 Å². The third-order valence-corrected chi connectivity index (χ3v) is 4.73. The Morgan fingerprint density at radius 1 is 0.500 bits per heavy atom. The van der Waals surface area contributed by atoms with Crippen molar-refractivity contribution < 1.29 is 28.4 Å². The van der Waals surface area contributed by atoms with Crippen molar-refractivity contribution >= 4 is 0 Å². The first-order valence-electron chi connectivity index (χ1n) is 9.49. The molecule has 0 unspecified atom stereocenters. The summed E-state index contributed by atoms with van der Waals surface area (Å²) in [6.45, 7) is 0.0424.